The summed E-state index contributed by atoms with van der Waals surface area (Å²) in [6.07, 6.45) is 3.37. The molecular weight excluding hydrogens is 691 g/mol. The predicted molar refractivity (Wildman–Crippen MR) is 193 cm³/mol. The van der Waals surface area contributed by atoms with Gasteiger partial charge in [0.15, 0.2) is 0 Å². The average Bonchev–Trinajstić information content (AvgIpc) is 3.49. The Morgan fingerprint density at radius 2 is 1.75 bits per heavy atom. The van der Waals surface area contributed by atoms with Crippen molar-refractivity contribution in [3.05, 3.63) is 98.8 Å². The molecule has 1 aliphatic rings. The number of esters is 1. The molecule has 2 aromatic carbocycles. The maximum absolute atomic E-state index is 14.1. The van der Waals surface area contributed by atoms with Crippen LogP contribution in [0.2, 0.25) is 0 Å². The molecule has 1 fully saturated rings. The Labute approximate surface area is 302 Å². The van der Waals surface area contributed by atoms with Crippen molar-refractivity contribution >= 4 is 19.6 Å². The van der Waals surface area contributed by atoms with E-state index >= 15 is 0 Å². The third kappa shape index (κ3) is 12.3. The lowest BCUT2D eigenvalue weighted by Crippen LogP contribution is -2.47. The molecule has 14 nitrogen and oxygen atoms in total. The number of aliphatic hydroxyl groups excluding tert-OH is 1. The van der Waals surface area contributed by atoms with Gasteiger partial charge >= 0.3 is 19.4 Å². The van der Waals surface area contributed by atoms with Crippen LogP contribution in [0.25, 0.3) is 0 Å². The molecule has 4 atom stereocenters. The molecule has 1 unspecified atom stereocenters. The number of amides is 1. The van der Waals surface area contributed by atoms with Crippen LogP contribution in [0.1, 0.15) is 83.1 Å². The van der Waals surface area contributed by atoms with E-state index in [1.807, 2.05) is 18.2 Å². The van der Waals surface area contributed by atoms with Gasteiger partial charge in [-0.3, -0.25) is 28.5 Å². The molecule has 15 heteroatoms. The predicted octanol–water partition coefficient (Wildman–Crippen LogP) is 4.33. The van der Waals surface area contributed by atoms with Crippen LogP contribution in [0, 0.1) is 11.8 Å². The highest BCUT2D eigenvalue weighted by atomic mass is 31.2. The summed E-state index contributed by atoms with van der Waals surface area (Å²) in [5.74, 6) is 4.74. The lowest BCUT2D eigenvalue weighted by atomic mass is 10.1. The number of para-hydroxylation sites is 1. The standard InChI is InChI=1S/C37H47N4O10P/c1-4-5-6-7-14-21-32(43)38-22-15-18-28-24-41(36(46)39-34(28)44)33-23-30(42)31(50-33)26-49-52(47,51-29-19-12-9-13-20-29)40-37(2,3)35(45)48-25-27-16-10-8-11-17-27/h8-13,16-17,19-20,24,30-31,33,42H,4-7,14,21-23,25-26H2,1-3H3,(H,38,43)(H,40,47)(H,39,44,46)/t30-,31+,33+,52?/m0/s1. The highest BCUT2D eigenvalue weighted by Gasteiger charge is 2.43. The van der Waals surface area contributed by atoms with E-state index in [2.05, 4.69) is 34.2 Å². The number of carbonyl (C=O) groups is 2. The number of H-pyrrole nitrogens is 1. The van der Waals surface area contributed by atoms with Crippen LogP contribution in [0.3, 0.4) is 0 Å². The minimum Gasteiger partial charge on any atom is -0.459 e. The number of hydrogen-bond acceptors (Lipinski definition) is 10. The first-order chi connectivity index (χ1) is 24.9. The Hall–Kier alpha value is -4.51. The van der Waals surface area contributed by atoms with E-state index < -0.39 is 55.5 Å². The molecule has 0 saturated carbocycles. The quantitative estimate of drug-likeness (QED) is 0.0630. The topological polar surface area (TPSA) is 187 Å². The molecule has 0 radical (unpaired) electrons. The van der Waals surface area contributed by atoms with Gasteiger partial charge in [-0.05, 0) is 38.0 Å². The number of carbonyl (C=O) groups excluding carboxylic acids is 2. The fraction of sp³-hybridized carbons (Fsp3) is 0.459. The molecule has 4 rings (SSSR count). The van der Waals surface area contributed by atoms with Gasteiger partial charge in [0, 0.05) is 19.0 Å². The number of hydrogen-bond donors (Lipinski definition) is 4. The molecule has 0 aliphatic carbocycles. The van der Waals surface area contributed by atoms with Crippen LogP contribution in [0.4, 0.5) is 0 Å². The van der Waals surface area contributed by atoms with E-state index in [1.54, 1.807) is 42.5 Å². The Bertz CT molecular complexity index is 1850. The monoisotopic (exact) mass is 738 g/mol. The second-order valence-corrected chi connectivity index (χ2v) is 14.5. The average molecular weight is 739 g/mol. The minimum atomic E-state index is -4.35. The van der Waals surface area contributed by atoms with Crippen molar-refractivity contribution in [1.82, 2.24) is 20.0 Å². The summed E-state index contributed by atoms with van der Waals surface area (Å²) in [6, 6.07) is 17.3. The van der Waals surface area contributed by atoms with Crippen molar-refractivity contribution in [2.75, 3.05) is 13.2 Å². The first-order valence-corrected chi connectivity index (χ1v) is 18.9. The third-order valence-electron chi connectivity index (χ3n) is 8.10. The van der Waals surface area contributed by atoms with E-state index in [0.29, 0.717) is 6.42 Å². The molecular formula is C37H47N4O10P. The number of rotatable bonds is 18. The zero-order chi connectivity index (χ0) is 37.6. The molecule has 1 amide bonds. The van der Waals surface area contributed by atoms with Crippen molar-refractivity contribution < 1.29 is 37.8 Å². The Morgan fingerprint density at radius 1 is 1.06 bits per heavy atom. The van der Waals surface area contributed by atoms with Crippen LogP contribution in [0.15, 0.2) is 76.4 Å². The number of ether oxygens (including phenoxy) is 2. The van der Waals surface area contributed by atoms with Gasteiger partial charge in [-0.25, -0.2) is 9.36 Å². The summed E-state index contributed by atoms with van der Waals surface area (Å²) < 4.78 is 38.1. The van der Waals surface area contributed by atoms with Crippen molar-refractivity contribution in [3.63, 3.8) is 0 Å². The van der Waals surface area contributed by atoms with Gasteiger partial charge in [-0.15, -0.1) is 0 Å². The van der Waals surface area contributed by atoms with Crippen LogP contribution in [-0.2, 0) is 34.8 Å². The normalized spacial score (nSPS) is 18.1. The smallest absolute Gasteiger partial charge is 0.459 e. The lowest BCUT2D eigenvalue weighted by Gasteiger charge is -2.30. The maximum atomic E-state index is 14.1. The molecule has 1 saturated heterocycles. The largest absolute Gasteiger partial charge is 0.459 e. The number of aromatic amines is 1. The number of aromatic nitrogens is 2. The first-order valence-electron chi connectivity index (χ1n) is 17.3. The van der Waals surface area contributed by atoms with E-state index in [-0.39, 0.29) is 36.8 Å². The number of nitrogens with one attached hydrogen (secondary N) is 3. The summed E-state index contributed by atoms with van der Waals surface area (Å²) in [5.41, 5.74) is -2.33. The number of unbranched alkanes of at least 4 members (excludes halogenated alkanes) is 4. The van der Waals surface area contributed by atoms with Crippen LogP contribution >= 0.6 is 7.75 Å². The summed E-state index contributed by atoms with van der Waals surface area (Å²) in [6.45, 7) is 4.60. The van der Waals surface area contributed by atoms with E-state index in [0.717, 1.165) is 42.2 Å². The van der Waals surface area contributed by atoms with Gasteiger partial charge in [0.25, 0.3) is 5.56 Å². The van der Waals surface area contributed by atoms with Gasteiger partial charge in [0.2, 0.25) is 5.91 Å². The fourth-order valence-corrected chi connectivity index (χ4v) is 6.93. The minimum absolute atomic E-state index is 0.00772. The maximum Gasteiger partial charge on any atom is 0.459 e. The van der Waals surface area contributed by atoms with Gasteiger partial charge in [-0.1, -0.05) is 93.0 Å². The highest BCUT2D eigenvalue weighted by molar-refractivity contribution is 7.52. The summed E-state index contributed by atoms with van der Waals surface area (Å²) in [7, 11) is -4.35. The van der Waals surface area contributed by atoms with Crippen molar-refractivity contribution in [1.29, 1.82) is 0 Å². The fourth-order valence-electron chi connectivity index (χ4n) is 5.25. The second kappa shape index (κ2) is 19.4. The lowest BCUT2D eigenvalue weighted by molar-refractivity contribution is -0.151. The summed E-state index contributed by atoms with van der Waals surface area (Å²) in [5, 5.41) is 16.2. The number of aliphatic hydroxyl groups is 1. The molecule has 52 heavy (non-hydrogen) atoms. The molecule has 2 heterocycles. The van der Waals surface area contributed by atoms with Gasteiger partial charge in [0.1, 0.15) is 35.8 Å². The van der Waals surface area contributed by atoms with Crippen LogP contribution in [0.5, 0.6) is 5.75 Å². The summed E-state index contributed by atoms with van der Waals surface area (Å²) in [4.78, 5) is 52.6. The Kier molecular flexibility index (Phi) is 15.0. The Balaban J connectivity index is 1.40. The molecule has 0 spiro atoms. The molecule has 1 aliphatic heterocycles. The second-order valence-electron chi connectivity index (χ2n) is 12.9. The van der Waals surface area contributed by atoms with E-state index in [1.165, 1.54) is 20.0 Å². The van der Waals surface area contributed by atoms with Crippen LogP contribution < -0.4 is 26.2 Å². The molecule has 4 N–H and O–H groups in total. The van der Waals surface area contributed by atoms with Crippen molar-refractivity contribution in [3.8, 4) is 17.6 Å². The number of nitrogens with zero attached hydrogens (tertiary/aromatic N) is 1. The van der Waals surface area contributed by atoms with Crippen molar-refractivity contribution in [2.45, 2.75) is 96.3 Å². The molecule has 3 aromatic rings. The van der Waals surface area contributed by atoms with E-state index in [9.17, 15) is 28.8 Å². The highest BCUT2D eigenvalue weighted by Crippen LogP contribution is 2.47. The SMILES string of the molecule is CCCCCCCC(=O)NCC#Cc1cn([C@H]2C[C@H](O)[C@@H](COP(=O)(NC(C)(C)C(=O)OCc3ccccc3)Oc3ccccc3)O2)c(=O)[nH]c1=O. The first kappa shape index (κ1) is 40.3. The van der Waals surface area contributed by atoms with Gasteiger partial charge < -0.3 is 24.4 Å². The number of benzene rings is 2. The third-order valence-corrected chi connectivity index (χ3v) is 9.88. The molecule has 280 valence electrons. The van der Waals surface area contributed by atoms with Crippen LogP contribution in [-0.4, -0.2) is 57.4 Å². The van der Waals surface area contributed by atoms with Gasteiger partial charge in [0.05, 0.1) is 19.3 Å². The molecule has 1 aromatic heterocycles. The van der Waals surface area contributed by atoms with Gasteiger partial charge in [-0.2, -0.15) is 5.09 Å². The van der Waals surface area contributed by atoms with Crippen molar-refractivity contribution in [2.24, 2.45) is 0 Å². The zero-order valence-electron chi connectivity index (χ0n) is 29.7. The molecule has 0 bridgehead atoms. The Morgan fingerprint density at radius 3 is 2.46 bits per heavy atom. The van der Waals surface area contributed by atoms with E-state index in [4.69, 9.17) is 18.5 Å². The zero-order valence-corrected chi connectivity index (χ0v) is 30.6. The summed E-state index contributed by atoms with van der Waals surface area (Å²) >= 11 is 0.